The Kier molecular flexibility index (Phi) is 4.94. The van der Waals surface area contributed by atoms with Crippen LogP contribution in [0.4, 0.5) is 10.4 Å². The largest absolute Gasteiger partial charge is 0.402 e. The van der Waals surface area contributed by atoms with Crippen LogP contribution in [0.3, 0.4) is 0 Å². The van der Waals surface area contributed by atoms with Crippen LogP contribution in [0.25, 0.3) is 39.7 Å². The lowest BCUT2D eigenvalue weighted by Gasteiger charge is -2.04. The van der Waals surface area contributed by atoms with Gasteiger partial charge >= 0.3 is 6.01 Å². The molecule has 1 N–H and O–H groups in total. The summed E-state index contributed by atoms with van der Waals surface area (Å²) in [6.07, 6.45) is 12.4. The minimum absolute atomic E-state index is 0.108. The molecular weight excluding hydrogens is 411 g/mol. The number of aryl methyl sites for hydroxylation is 2. The zero-order chi connectivity index (χ0) is 22.1. The maximum absolute atomic E-state index is 12.6. The molecule has 0 aliphatic rings. The van der Waals surface area contributed by atoms with E-state index in [1.807, 2.05) is 19.3 Å². The van der Waals surface area contributed by atoms with Crippen LogP contribution in [0.15, 0.2) is 65.3 Å². The van der Waals surface area contributed by atoms with Crippen molar-refractivity contribution < 1.29 is 8.81 Å². The number of hydrogen-bond acceptors (Lipinski definition) is 6. The predicted octanol–water partition coefficient (Wildman–Crippen LogP) is 3.66. The second-order valence-electron chi connectivity index (χ2n) is 7.14. The van der Waals surface area contributed by atoms with Gasteiger partial charge in [0.15, 0.2) is 0 Å². The Morgan fingerprint density at radius 3 is 2.94 bits per heavy atom. The molecule has 32 heavy (non-hydrogen) atoms. The van der Waals surface area contributed by atoms with Gasteiger partial charge in [-0.05, 0) is 12.1 Å². The number of hydrogen-bond donors (Lipinski definition) is 1. The van der Waals surface area contributed by atoms with Crippen LogP contribution in [0.2, 0.25) is 0 Å². The normalized spacial score (nSPS) is 12.0. The molecule has 0 unspecified atom stereocenters. The van der Waals surface area contributed by atoms with Gasteiger partial charge in [0.25, 0.3) is 5.89 Å². The molecule has 0 aliphatic carbocycles. The van der Waals surface area contributed by atoms with Crippen molar-refractivity contribution >= 4 is 23.1 Å². The minimum atomic E-state index is -0.452. The molecule has 5 heterocycles. The van der Waals surface area contributed by atoms with Crippen molar-refractivity contribution in [2.45, 2.75) is 6.54 Å². The van der Waals surface area contributed by atoms with E-state index in [2.05, 4.69) is 36.8 Å². The van der Waals surface area contributed by atoms with Gasteiger partial charge in [0.2, 0.25) is 0 Å². The molecule has 0 amide bonds. The molecule has 10 heteroatoms. The average molecular weight is 430 g/mol. The Hall–Kier alpha value is -4.34. The lowest BCUT2D eigenvalue weighted by atomic mass is 10.1. The van der Waals surface area contributed by atoms with Gasteiger partial charge in [-0.2, -0.15) is 10.1 Å². The zero-order valence-electron chi connectivity index (χ0n) is 17.2. The van der Waals surface area contributed by atoms with E-state index in [0.717, 1.165) is 27.6 Å². The highest BCUT2D eigenvalue weighted by Crippen LogP contribution is 2.31. The molecular formula is C22H19FN8O. The molecule has 5 aromatic rings. The molecule has 0 saturated carbocycles. The van der Waals surface area contributed by atoms with Gasteiger partial charge in [-0.3, -0.25) is 4.68 Å². The minimum Gasteiger partial charge on any atom is -0.402 e. The smallest absolute Gasteiger partial charge is 0.343 e. The van der Waals surface area contributed by atoms with Crippen LogP contribution in [-0.4, -0.2) is 41.2 Å². The van der Waals surface area contributed by atoms with Crippen molar-refractivity contribution in [2.24, 2.45) is 12.0 Å². The fraction of sp³-hybridized carbons (Fsp3) is 0.136. The molecule has 0 fully saturated rings. The number of nitrogens with zero attached hydrogens (tertiary/aromatic N) is 7. The average Bonchev–Trinajstić information content (AvgIpc) is 3.54. The zero-order valence-corrected chi connectivity index (χ0v) is 17.2. The summed E-state index contributed by atoms with van der Waals surface area (Å²) in [4.78, 5) is 12.1. The molecule has 0 aliphatic heterocycles. The number of fused-ring (bicyclic) bond motifs is 1. The van der Waals surface area contributed by atoms with Gasteiger partial charge in [-0.1, -0.05) is 17.8 Å². The first-order valence-corrected chi connectivity index (χ1v) is 9.88. The van der Waals surface area contributed by atoms with E-state index in [1.165, 1.54) is 0 Å². The topological polar surface area (TPSA) is 103 Å². The molecule has 0 atom stereocenters. The maximum atomic E-state index is 12.6. The fourth-order valence-corrected chi connectivity index (χ4v) is 3.43. The van der Waals surface area contributed by atoms with E-state index in [0.29, 0.717) is 16.9 Å². The van der Waals surface area contributed by atoms with Crippen molar-refractivity contribution in [3.8, 4) is 22.6 Å². The number of aromatic amines is 1. The van der Waals surface area contributed by atoms with Crippen LogP contribution in [0.1, 0.15) is 5.56 Å². The molecule has 5 aromatic heterocycles. The van der Waals surface area contributed by atoms with Gasteiger partial charge in [0.05, 0.1) is 23.7 Å². The van der Waals surface area contributed by atoms with E-state index in [1.54, 1.807) is 52.4 Å². The number of pyridine rings is 2. The molecule has 160 valence electrons. The molecule has 9 nitrogen and oxygen atoms in total. The first-order valence-electron chi connectivity index (χ1n) is 9.88. The first-order chi connectivity index (χ1) is 15.6. The summed E-state index contributed by atoms with van der Waals surface area (Å²) in [5.41, 5.74) is 4.06. The summed E-state index contributed by atoms with van der Waals surface area (Å²) in [6, 6.07) is 3.87. The van der Waals surface area contributed by atoms with Crippen LogP contribution in [-0.2, 0) is 13.6 Å². The lowest BCUT2D eigenvalue weighted by molar-refractivity contribution is 0.444. The monoisotopic (exact) mass is 430 g/mol. The van der Waals surface area contributed by atoms with Crippen molar-refractivity contribution in [3.63, 3.8) is 0 Å². The number of rotatable bonds is 6. The number of nitrogens with one attached hydrogen (secondary N) is 1. The summed E-state index contributed by atoms with van der Waals surface area (Å²) in [7, 11) is 1.87. The first kappa shape index (κ1) is 19.6. The molecule has 0 aromatic carbocycles. The van der Waals surface area contributed by atoms with E-state index >= 15 is 0 Å². The van der Waals surface area contributed by atoms with E-state index in [9.17, 15) is 4.39 Å². The van der Waals surface area contributed by atoms with Crippen molar-refractivity contribution in [1.29, 1.82) is 0 Å². The Labute approximate surface area is 181 Å². The van der Waals surface area contributed by atoms with E-state index < -0.39 is 6.67 Å². The SMILES string of the molecule is C=Cc1cn(CCF)cc/c1=N\c1nnc(-c2c[nH]c3ncc(-c4cnn(C)c4)cc23)o1. The van der Waals surface area contributed by atoms with E-state index in [-0.39, 0.29) is 12.6 Å². The lowest BCUT2D eigenvalue weighted by Crippen LogP contribution is -2.11. The number of halogens is 1. The molecule has 0 spiro atoms. The quantitative estimate of drug-likeness (QED) is 0.443. The highest BCUT2D eigenvalue weighted by molar-refractivity contribution is 5.93. The molecule has 0 saturated heterocycles. The second kappa shape index (κ2) is 8.06. The van der Waals surface area contributed by atoms with Crippen LogP contribution >= 0.6 is 0 Å². The van der Waals surface area contributed by atoms with Crippen molar-refractivity contribution in [1.82, 2.24) is 34.5 Å². The molecule has 0 radical (unpaired) electrons. The van der Waals surface area contributed by atoms with Gasteiger partial charge < -0.3 is 14.0 Å². The third-order valence-electron chi connectivity index (χ3n) is 5.02. The Morgan fingerprint density at radius 1 is 1.25 bits per heavy atom. The van der Waals surface area contributed by atoms with Gasteiger partial charge in [0.1, 0.15) is 12.3 Å². The van der Waals surface area contributed by atoms with Crippen molar-refractivity contribution in [3.05, 3.63) is 66.8 Å². The Bertz CT molecular complexity index is 1490. The highest BCUT2D eigenvalue weighted by atomic mass is 19.1. The maximum Gasteiger partial charge on any atom is 0.343 e. The van der Waals surface area contributed by atoms with Crippen LogP contribution in [0, 0.1) is 0 Å². The molecule has 0 bridgehead atoms. The summed E-state index contributed by atoms with van der Waals surface area (Å²) >= 11 is 0. The summed E-state index contributed by atoms with van der Waals surface area (Å²) < 4.78 is 21.9. The van der Waals surface area contributed by atoms with Gasteiger partial charge in [0, 0.05) is 60.1 Å². The third-order valence-corrected chi connectivity index (χ3v) is 5.02. The highest BCUT2D eigenvalue weighted by Gasteiger charge is 2.15. The summed E-state index contributed by atoms with van der Waals surface area (Å²) in [5.74, 6) is 0.323. The fourth-order valence-electron chi connectivity index (χ4n) is 3.43. The van der Waals surface area contributed by atoms with Crippen LogP contribution in [0.5, 0.6) is 0 Å². The summed E-state index contributed by atoms with van der Waals surface area (Å²) in [5, 5.41) is 13.9. The van der Waals surface area contributed by atoms with E-state index in [4.69, 9.17) is 4.42 Å². The van der Waals surface area contributed by atoms with Gasteiger partial charge in [-0.25, -0.2) is 9.37 Å². The molecule has 5 rings (SSSR count). The third kappa shape index (κ3) is 3.62. The Balaban J connectivity index is 1.52. The standard InChI is InChI=1S/C22H19FN8O/c1-3-14-13-31(7-5-23)6-4-19(14)27-22-29-28-21(32-22)18-11-25-20-17(18)8-15(9-24-20)16-10-26-30(2)12-16/h3-4,6,8-13H,1,5,7H2,2H3,(H,24,25)/b27-19+. The number of aromatic nitrogens is 7. The number of alkyl halides is 1. The summed E-state index contributed by atoms with van der Waals surface area (Å²) in [6.45, 7) is 3.61. The number of H-pyrrole nitrogens is 1. The predicted molar refractivity (Wildman–Crippen MR) is 117 cm³/mol. The van der Waals surface area contributed by atoms with Gasteiger partial charge in [-0.15, -0.1) is 5.10 Å². The second-order valence-corrected chi connectivity index (χ2v) is 7.14. The van der Waals surface area contributed by atoms with Crippen LogP contribution < -0.4 is 5.36 Å². The Morgan fingerprint density at radius 2 is 2.16 bits per heavy atom. The van der Waals surface area contributed by atoms with Crippen molar-refractivity contribution in [2.75, 3.05) is 6.67 Å².